The Bertz CT molecular complexity index is 116. The first-order chi connectivity index (χ1) is 6.04. The smallest absolute Gasteiger partial charge is 0.303 e. The van der Waals surface area contributed by atoms with Crippen molar-refractivity contribution in [3.63, 3.8) is 0 Å². The predicted molar refractivity (Wildman–Crippen MR) is 48.0 cm³/mol. The maximum Gasteiger partial charge on any atom is 0.303 e. The zero-order valence-electron chi connectivity index (χ0n) is 8.22. The van der Waals surface area contributed by atoms with Crippen molar-refractivity contribution < 1.29 is 18.7 Å². The first-order valence-electron chi connectivity index (χ1n) is 4.38. The van der Waals surface area contributed by atoms with E-state index in [2.05, 4.69) is 13.8 Å². The zero-order valence-corrected chi connectivity index (χ0v) is 8.22. The summed E-state index contributed by atoms with van der Waals surface area (Å²) in [5, 5.41) is 8.28. The van der Waals surface area contributed by atoms with E-state index in [0.717, 1.165) is 19.3 Å². The number of carbonyl (C=O) groups is 1. The molecule has 13 heavy (non-hydrogen) atoms. The molecule has 0 aromatic heterocycles. The lowest BCUT2D eigenvalue weighted by molar-refractivity contribution is -0.137. The molecule has 0 aliphatic heterocycles. The molecule has 0 aliphatic rings. The molecule has 0 heterocycles. The van der Waals surface area contributed by atoms with Gasteiger partial charge in [-0.2, -0.15) is 0 Å². The van der Waals surface area contributed by atoms with Gasteiger partial charge in [0, 0.05) is 6.42 Å². The molecule has 4 heteroatoms. The number of alkyl halides is 2. The van der Waals surface area contributed by atoms with Gasteiger partial charge in [-0.25, -0.2) is 8.78 Å². The number of hydrogen-bond acceptors (Lipinski definition) is 1. The summed E-state index contributed by atoms with van der Waals surface area (Å²) in [7, 11) is 0. The van der Waals surface area contributed by atoms with Crippen LogP contribution in [-0.2, 0) is 4.79 Å². The van der Waals surface area contributed by atoms with Gasteiger partial charge in [-0.05, 0) is 12.3 Å². The summed E-state index contributed by atoms with van der Waals surface area (Å²) < 4.78 is 19.2. The number of carboxylic acids is 1. The molecule has 0 aromatic carbocycles. The van der Waals surface area contributed by atoms with Crippen molar-refractivity contribution >= 4 is 5.97 Å². The maximum atomic E-state index is 10.0. The van der Waals surface area contributed by atoms with Crippen LogP contribution < -0.4 is 0 Å². The number of hydrogen-bond donors (Lipinski definition) is 1. The van der Waals surface area contributed by atoms with Gasteiger partial charge in [0.05, 0.1) is 0 Å². The molecule has 0 radical (unpaired) electrons. The number of aliphatic carboxylic acids is 1. The molecule has 0 saturated heterocycles. The van der Waals surface area contributed by atoms with Gasteiger partial charge in [0.15, 0.2) is 0 Å². The SMILES string of the molecule is CC(C)CCCCC(=O)O.FCF. The lowest BCUT2D eigenvalue weighted by Gasteiger charge is -2.01. The molecule has 0 aromatic rings. The van der Waals surface area contributed by atoms with E-state index >= 15 is 0 Å². The molecule has 0 bridgehead atoms. The van der Waals surface area contributed by atoms with Crippen LogP contribution in [0.25, 0.3) is 0 Å². The molecular formula is C9H18F2O2. The Balaban J connectivity index is 0. The number of unbranched alkanes of at least 4 members (excludes halogenated alkanes) is 1. The molecule has 0 spiro atoms. The fourth-order valence-electron chi connectivity index (χ4n) is 0.829. The summed E-state index contributed by atoms with van der Waals surface area (Å²) in [6, 6.07) is 0. The van der Waals surface area contributed by atoms with E-state index in [1.54, 1.807) is 0 Å². The third-order valence-corrected chi connectivity index (χ3v) is 1.42. The van der Waals surface area contributed by atoms with Crippen LogP contribution in [0.1, 0.15) is 39.5 Å². The fourth-order valence-corrected chi connectivity index (χ4v) is 0.829. The minimum Gasteiger partial charge on any atom is -0.481 e. The van der Waals surface area contributed by atoms with E-state index < -0.39 is 12.9 Å². The highest BCUT2D eigenvalue weighted by Gasteiger charge is 1.97. The monoisotopic (exact) mass is 196 g/mol. The number of rotatable bonds is 5. The summed E-state index contributed by atoms with van der Waals surface area (Å²) in [6.45, 7) is 2.56. The number of carboxylic acid groups (broad SMARTS) is 1. The minimum absolute atomic E-state index is 0.326. The second-order valence-electron chi connectivity index (χ2n) is 3.13. The first-order valence-corrected chi connectivity index (χ1v) is 4.38. The second kappa shape index (κ2) is 11.3. The van der Waals surface area contributed by atoms with Crippen LogP contribution in [0.2, 0.25) is 0 Å². The molecule has 1 N–H and O–H groups in total. The van der Waals surface area contributed by atoms with Gasteiger partial charge in [0.25, 0.3) is 0 Å². The molecule has 80 valence electrons. The van der Waals surface area contributed by atoms with E-state index in [0.29, 0.717) is 12.3 Å². The van der Waals surface area contributed by atoms with Crippen LogP contribution in [0.15, 0.2) is 0 Å². The lowest BCUT2D eigenvalue weighted by Crippen LogP contribution is -1.94. The van der Waals surface area contributed by atoms with Gasteiger partial charge >= 0.3 is 5.97 Å². The summed E-state index contributed by atoms with van der Waals surface area (Å²) >= 11 is 0. The summed E-state index contributed by atoms with van der Waals surface area (Å²) in [5.74, 6) is 0.0255. The fraction of sp³-hybridized carbons (Fsp3) is 0.889. The zero-order chi connectivity index (χ0) is 10.7. The Kier molecular flexibility index (Phi) is 12.9. The lowest BCUT2D eigenvalue weighted by atomic mass is 10.1. The highest BCUT2D eigenvalue weighted by molar-refractivity contribution is 5.66. The molecule has 0 aliphatic carbocycles. The van der Waals surface area contributed by atoms with Crippen molar-refractivity contribution in [3.8, 4) is 0 Å². The van der Waals surface area contributed by atoms with E-state index in [4.69, 9.17) is 5.11 Å². The molecule has 0 rings (SSSR count). The number of halogens is 2. The molecule has 2 nitrogen and oxygen atoms in total. The van der Waals surface area contributed by atoms with Crippen LogP contribution in [-0.4, -0.2) is 18.0 Å². The van der Waals surface area contributed by atoms with Crippen molar-refractivity contribution in [2.45, 2.75) is 39.5 Å². The Hall–Kier alpha value is -0.670. The average molecular weight is 196 g/mol. The van der Waals surface area contributed by atoms with Gasteiger partial charge in [-0.3, -0.25) is 4.79 Å². The van der Waals surface area contributed by atoms with Gasteiger partial charge in [0.2, 0.25) is 6.93 Å². The van der Waals surface area contributed by atoms with Gasteiger partial charge < -0.3 is 5.11 Å². The summed E-state index contributed by atoms with van der Waals surface area (Å²) in [4.78, 5) is 10.0. The molecular weight excluding hydrogens is 178 g/mol. The first kappa shape index (κ1) is 14.8. The third kappa shape index (κ3) is 24.6. The van der Waals surface area contributed by atoms with Crippen molar-refractivity contribution in [1.29, 1.82) is 0 Å². The molecule has 0 unspecified atom stereocenters. The normalized spacial score (nSPS) is 9.31. The largest absolute Gasteiger partial charge is 0.481 e. The Morgan fingerprint density at radius 3 is 2.08 bits per heavy atom. The second-order valence-corrected chi connectivity index (χ2v) is 3.13. The van der Waals surface area contributed by atoms with Crippen LogP contribution in [0, 0.1) is 5.92 Å². The molecule has 0 atom stereocenters. The van der Waals surface area contributed by atoms with Crippen molar-refractivity contribution in [2.24, 2.45) is 5.92 Å². The minimum atomic E-state index is -1.75. The van der Waals surface area contributed by atoms with Crippen molar-refractivity contribution in [2.75, 3.05) is 6.93 Å². The third-order valence-electron chi connectivity index (χ3n) is 1.42. The van der Waals surface area contributed by atoms with Gasteiger partial charge in [-0.1, -0.05) is 26.7 Å². The van der Waals surface area contributed by atoms with E-state index in [1.807, 2.05) is 0 Å². The Labute approximate surface area is 78.0 Å². The average Bonchev–Trinajstić information content (AvgIpc) is 1.99. The highest BCUT2D eigenvalue weighted by Crippen LogP contribution is 2.07. The molecule has 0 fully saturated rings. The Morgan fingerprint density at radius 2 is 1.77 bits per heavy atom. The maximum absolute atomic E-state index is 10.0. The molecule has 0 saturated carbocycles. The van der Waals surface area contributed by atoms with E-state index in [9.17, 15) is 13.6 Å². The quantitative estimate of drug-likeness (QED) is 0.686. The summed E-state index contributed by atoms with van der Waals surface area (Å²) in [6.07, 6.45) is 3.34. The topological polar surface area (TPSA) is 37.3 Å². The van der Waals surface area contributed by atoms with Crippen molar-refractivity contribution in [1.82, 2.24) is 0 Å². The van der Waals surface area contributed by atoms with Crippen LogP contribution >= 0.6 is 0 Å². The van der Waals surface area contributed by atoms with Crippen LogP contribution in [0.4, 0.5) is 8.78 Å². The predicted octanol–water partition coefficient (Wildman–Crippen LogP) is 3.17. The van der Waals surface area contributed by atoms with E-state index in [-0.39, 0.29) is 0 Å². The molecule has 0 amide bonds. The highest BCUT2D eigenvalue weighted by atomic mass is 19.3. The van der Waals surface area contributed by atoms with Crippen molar-refractivity contribution in [3.05, 3.63) is 0 Å². The van der Waals surface area contributed by atoms with Gasteiger partial charge in [-0.15, -0.1) is 0 Å². The standard InChI is InChI=1S/C8H16O2.CH2F2/c1-7(2)5-3-4-6-8(9)10;2-1-3/h7H,3-6H2,1-2H3,(H,9,10);1H2. The van der Waals surface area contributed by atoms with Crippen LogP contribution in [0.3, 0.4) is 0 Å². The van der Waals surface area contributed by atoms with Crippen LogP contribution in [0.5, 0.6) is 0 Å². The van der Waals surface area contributed by atoms with Gasteiger partial charge in [0.1, 0.15) is 0 Å². The summed E-state index contributed by atoms with van der Waals surface area (Å²) in [5.41, 5.74) is 0. The Morgan fingerprint density at radius 1 is 1.31 bits per heavy atom. The van der Waals surface area contributed by atoms with E-state index in [1.165, 1.54) is 0 Å².